The Balaban J connectivity index is 1.95. The maximum absolute atomic E-state index is 5.51. The van der Waals surface area contributed by atoms with Crippen LogP contribution in [-0.2, 0) is 12.8 Å². The lowest BCUT2D eigenvalue weighted by Gasteiger charge is -1.98. The molecule has 0 atom stereocenters. The molecule has 0 aliphatic rings. The second-order valence-electron chi connectivity index (χ2n) is 3.50. The predicted molar refractivity (Wildman–Crippen MR) is 57.3 cm³/mol. The van der Waals surface area contributed by atoms with Crippen molar-refractivity contribution < 1.29 is 4.42 Å². The molecule has 1 aromatic carbocycles. The van der Waals surface area contributed by atoms with Crippen molar-refractivity contribution in [3.8, 4) is 0 Å². The molecular formula is C13H14O. The predicted octanol–water partition coefficient (Wildman–Crippen LogP) is 3.37. The highest BCUT2D eigenvalue weighted by atomic mass is 16.3. The summed E-state index contributed by atoms with van der Waals surface area (Å²) in [4.78, 5) is 0. The fraction of sp³-hybridized carbons (Fsp3) is 0.231. The Bertz CT molecular complexity index is 387. The number of aryl methyl sites for hydroxylation is 3. The third-order valence-corrected chi connectivity index (χ3v) is 2.30. The van der Waals surface area contributed by atoms with E-state index in [1.807, 2.05) is 19.1 Å². The fourth-order valence-corrected chi connectivity index (χ4v) is 1.53. The topological polar surface area (TPSA) is 13.1 Å². The van der Waals surface area contributed by atoms with Gasteiger partial charge < -0.3 is 4.42 Å². The molecule has 1 heteroatoms. The quantitative estimate of drug-likeness (QED) is 0.716. The molecule has 0 amide bonds. The first-order valence-corrected chi connectivity index (χ1v) is 4.94. The summed E-state index contributed by atoms with van der Waals surface area (Å²) in [6.07, 6.45) is 2.03. The summed E-state index contributed by atoms with van der Waals surface area (Å²) in [5.74, 6) is 2.07. The van der Waals surface area contributed by atoms with Gasteiger partial charge in [0.25, 0.3) is 0 Å². The molecule has 2 rings (SSSR count). The SMILES string of the molecule is Cc1ccc(CCc2ccccc2)o1. The van der Waals surface area contributed by atoms with Crippen molar-refractivity contribution >= 4 is 0 Å². The minimum Gasteiger partial charge on any atom is -0.466 e. The molecule has 0 aliphatic carbocycles. The Labute approximate surface area is 84.4 Å². The minimum absolute atomic E-state index is 0.984. The average molecular weight is 186 g/mol. The van der Waals surface area contributed by atoms with Crippen molar-refractivity contribution in [2.75, 3.05) is 0 Å². The molecule has 1 nitrogen and oxygen atoms in total. The molecule has 0 saturated heterocycles. The van der Waals surface area contributed by atoms with Crippen molar-refractivity contribution in [1.82, 2.24) is 0 Å². The molecule has 1 heterocycles. The molecule has 0 bridgehead atoms. The largest absolute Gasteiger partial charge is 0.466 e. The van der Waals surface area contributed by atoms with E-state index in [-0.39, 0.29) is 0 Å². The molecule has 0 fully saturated rings. The molecular weight excluding hydrogens is 172 g/mol. The molecule has 0 radical (unpaired) electrons. The molecule has 0 N–H and O–H groups in total. The van der Waals surface area contributed by atoms with Gasteiger partial charge in [0.15, 0.2) is 0 Å². The van der Waals surface area contributed by atoms with Gasteiger partial charge >= 0.3 is 0 Å². The van der Waals surface area contributed by atoms with Crippen molar-refractivity contribution in [2.24, 2.45) is 0 Å². The van der Waals surface area contributed by atoms with E-state index in [2.05, 4.69) is 30.3 Å². The first-order valence-electron chi connectivity index (χ1n) is 4.94. The van der Waals surface area contributed by atoms with Gasteiger partial charge in [0.1, 0.15) is 11.5 Å². The van der Waals surface area contributed by atoms with E-state index in [0.717, 1.165) is 24.4 Å². The molecule has 14 heavy (non-hydrogen) atoms. The zero-order valence-electron chi connectivity index (χ0n) is 8.36. The van der Waals surface area contributed by atoms with E-state index in [0.29, 0.717) is 0 Å². The monoisotopic (exact) mass is 186 g/mol. The number of rotatable bonds is 3. The van der Waals surface area contributed by atoms with Gasteiger partial charge in [-0.15, -0.1) is 0 Å². The van der Waals surface area contributed by atoms with Gasteiger partial charge in [0.05, 0.1) is 0 Å². The van der Waals surface area contributed by atoms with Gasteiger partial charge in [0, 0.05) is 6.42 Å². The van der Waals surface area contributed by atoms with E-state index in [9.17, 15) is 0 Å². The highest BCUT2D eigenvalue weighted by Gasteiger charge is 1.98. The third-order valence-electron chi connectivity index (χ3n) is 2.30. The van der Waals surface area contributed by atoms with Crippen molar-refractivity contribution in [2.45, 2.75) is 19.8 Å². The number of benzene rings is 1. The van der Waals surface area contributed by atoms with Gasteiger partial charge in [-0.2, -0.15) is 0 Å². The second kappa shape index (κ2) is 4.14. The van der Waals surface area contributed by atoms with Crippen LogP contribution in [0.15, 0.2) is 46.9 Å². The lowest BCUT2D eigenvalue weighted by atomic mass is 10.1. The number of hydrogen-bond acceptors (Lipinski definition) is 1. The summed E-state index contributed by atoms with van der Waals surface area (Å²) >= 11 is 0. The van der Waals surface area contributed by atoms with Crippen molar-refractivity contribution in [3.63, 3.8) is 0 Å². The Morgan fingerprint density at radius 1 is 0.929 bits per heavy atom. The lowest BCUT2D eigenvalue weighted by Crippen LogP contribution is -1.88. The first kappa shape index (κ1) is 9.07. The second-order valence-corrected chi connectivity index (χ2v) is 3.50. The summed E-state index contributed by atoms with van der Waals surface area (Å²) < 4.78 is 5.51. The molecule has 0 unspecified atom stereocenters. The van der Waals surface area contributed by atoms with E-state index in [1.165, 1.54) is 5.56 Å². The molecule has 1 aromatic heterocycles. The third kappa shape index (κ3) is 2.25. The van der Waals surface area contributed by atoms with Gasteiger partial charge in [-0.3, -0.25) is 0 Å². The fourth-order valence-electron chi connectivity index (χ4n) is 1.53. The number of hydrogen-bond donors (Lipinski definition) is 0. The lowest BCUT2D eigenvalue weighted by molar-refractivity contribution is 0.482. The Hall–Kier alpha value is -1.50. The van der Waals surface area contributed by atoms with Crippen LogP contribution in [0.2, 0.25) is 0 Å². The first-order chi connectivity index (χ1) is 6.84. The van der Waals surface area contributed by atoms with E-state index in [4.69, 9.17) is 4.42 Å². The van der Waals surface area contributed by atoms with Crippen LogP contribution in [-0.4, -0.2) is 0 Å². The smallest absolute Gasteiger partial charge is 0.104 e. The van der Waals surface area contributed by atoms with Crippen molar-refractivity contribution in [3.05, 3.63) is 59.5 Å². The van der Waals surface area contributed by atoms with Crippen LogP contribution < -0.4 is 0 Å². The van der Waals surface area contributed by atoms with E-state index >= 15 is 0 Å². The van der Waals surface area contributed by atoms with Crippen LogP contribution in [0.25, 0.3) is 0 Å². The molecule has 72 valence electrons. The van der Waals surface area contributed by atoms with Crippen LogP contribution in [0.1, 0.15) is 17.1 Å². The Morgan fingerprint density at radius 3 is 2.36 bits per heavy atom. The van der Waals surface area contributed by atoms with Crippen LogP contribution in [0.3, 0.4) is 0 Å². The van der Waals surface area contributed by atoms with Gasteiger partial charge in [-0.25, -0.2) is 0 Å². The summed E-state index contributed by atoms with van der Waals surface area (Å²) in [6, 6.07) is 14.6. The molecule has 2 aromatic rings. The summed E-state index contributed by atoms with van der Waals surface area (Å²) in [5, 5.41) is 0. The van der Waals surface area contributed by atoms with Crippen LogP contribution in [0, 0.1) is 6.92 Å². The maximum Gasteiger partial charge on any atom is 0.104 e. The van der Waals surface area contributed by atoms with Crippen LogP contribution in [0.4, 0.5) is 0 Å². The van der Waals surface area contributed by atoms with E-state index in [1.54, 1.807) is 0 Å². The van der Waals surface area contributed by atoms with Crippen LogP contribution in [0.5, 0.6) is 0 Å². The van der Waals surface area contributed by atoms with Gasteiger partial charge in [-0.05, 0) is 31.0 Å². The zero-order chi connectivity index (χ0) is 9.80. The summed E-state index contributed by atoms with van der Waals surface area (Å²) in [5.41, 5.74) is 1.36. The Kier molecular flexibility index (Phi) is 2.68. The van der Waals surface area contributed by atoms with Crippen molar-refractivity contribution in [1.29, 1.82) is 0 Å². The highest BCUT2D eigenvalue weighted by Crippen LogP contribution is 2.10. The summed E-state index contributed by atoms with van der Waals surface area (Å²) in [7, 11) is 0. The molecule has 0 saturated carbocycles. The summed E-state index contributed by atoms with van der Waals surface area (Å²) in [6.45, 7) is 1.98. The maximum atomic E-state index is 5.51. The van der Waals surface area contributed by atoms with Gasteiger partial charge in [-0.1, -0.05) is 30.3 Å². The van der Waals surface area contributed by atoms with E-state index < -0.39 is 0 Å². The molecule has 0 spiro atoms. The minimum atomic E-state index is 0.984. The standard InChI is InChI=1S/C13H14O/c1-11-7-9-13(14-11)10-8-12-5-3-2-4-6-12/h2-7,9H,8,10H2,1H3. The average Bonchev–Trinajstić information content (AvgIpc) is 2.63. The Morgan fingerprint density at radius 2 is 1.71 bits per heavy atom. The highest BCUT2D eigenvalue weighted by molar-refractivity contribution is 5.16. The zero-order valence-corrected chi connectivity index (χ0v) is 8.36. The normalized spacial score (nSPS) is 10.4. The van der Waals surface area contributed by atoms with Crippen LogP contribution >= 0.6 is 0 Å². The number of furan rings is 1. The molecule has 0 aliphatic heterocycles. The van der Waals surface area contributed by atoms with Gasteiger partial charge in [0.2, 0.25) is 0 Å².